The lowest BCUT2D eigenvalue weighted by Gasteiger charge is -2.31. The molecule has 21 heavy (non-hydrogen) atoms. The van der Waals surface area contributed by atoms with Crippen molar-refractivity contribution in [3.63, 3.8) is 0 Å². The molecule has 0 saturated heterocycles. The molecule has 0 radical (unpaired) electrons. The third kappa shape index (κ3) is 3.18. The van der Waals surface area contributed by atoms with E-state index in [2.05, 4.69) is 41.9 Å². The molecule has 1 heterocycles. The summed E-state index contributed by atoms with van der Waals surface area (Å²) < 4.78 is 2.20. The van der Waals surface area contributed by atoms with Crippen molar-refractivity contribution in [2.24, 2.45) is 17.8 Å². The molecule has 4 atom stereocenters. The van der Waals surface area contributed by atoms with Gasteiger partial charge in [-0.25, -0.2) is 0 Å². The highest BCUT2D eigenvalue weighted by Gasteiger charge is 2.42. The van der Waals surface area contributed by atoms with Crippen molar-refractivity contribution in [2.75, 3.05) is 6.54 Å². The third-order valence-corrected chi connectivity index (χ3v) is 5.68. The summed E-state index contributed by atoms with van der Waals surface area (Å²) in [5.74, 6) is 2.92. The van der Waals surface area contributed by atoms with Gasteiger partial charge in [-0.05, 0) is 69.9 Å². The minimum absolute atomic E-state index is 0.654. The average Bonchev–Trinajstić information content (AvgIpc) is 3.18. The Bertz CT molecular complexity index is 465. The number of fused-ring (bicyclic) bond motifs is 2. The van der Waals surface area contributed by atoms with Crippen LogP contribution in [0, 0.1) is 24.7 Å². The quantitative estimate of drug-likeness (QED) is 0.832. The molecule has 4 unspecified atom stereocenters. The van der Waals surface area contributed by atoms with E-state index in [1.165, 1.54) is 37.8 Å². The monoisotopic (exact) mass is 289 g/mol. The molecule has 0 aliphatic heterocycles. The first-order valence-electron chi connectivity index (χ1n) is 8.98. The number of hydrogen-bond donors (Lipinski definition) is 1. The van der Waals surface area contributed by atoms with Gasteiger partial charge in [0.25, 0.3) is 0 Å². The van der Waals surface area contributed by atoms with Crippen LogP contribution in [0.5, 0.6) is 0 Å². The normalized spacial score (nSPS) is 29.2. The summed E-state index contributed by atoms with van der Waals surface area (Å²) in [6.45, 7) is 8.72. The van der Waals surface area contributed by atoms with Gasteiger partial charge in [0.1, 0.15) is 0 Å². The number of hydrogen-bond acceptors (Lipinski definition) is 2. The summed E-state index contributed by atoms with van der Waals surface area (Å²) in [5.41, 5.74) is 2.58. The van der Waals surface area contributed by atoms with Crippen molar-refractivity contribution in [1.29, 1.82) is 0 Å². The van der Waals surface area contributed by atoms with Crippen LogP contribution >= 0.6 is 0 Å². The van der Waals surface area contributed by atoms with Gasteiger partial charge < -0.3 is 5.32 Å². The second-order valence-electron chi connectivity index (χ2n) is 7.20. The van der Waals surface area contributed by atoms with Crippen LogP contribution in [0.1, 0.15) is 57.3 Å². The Morgan fingerprint density at radius 1 is 1.33 bits per heavy atom. The Morgan fingerprint density at radius 2 is 2.19 bits per heavy atom. The second-order valence-corrected chi connectivity index (χ2v) is 7.20. The van der Waals surface area contributed by atoms with Crippen LogP contribution < -0.4 is 5.32 Å². The lowest BCUT2D eigenvalue weighted by Crippen LogP contribution is -2.41. The highest BCUT2D eigenvalue weighted by atomic mass is 15.3. The zero-order valence-electron chi connectivity index (χ0n) is 13.9. The summed E-state index contributed by atoms with van der Waals surface area (Å²) in [6, 6.07) is 2.94. The first kappa shape index (κ1) is 15.1. The maximum Gasteiger partial charge on any atom is 0.0596 e. The molecule has 3 nitrogen and oxygen atoms in total. The van der Waals surface area contributed by atoms with Crippen molar-refractivity contribution in [1.82, 2.24) is 15.1 Å². The Hall–Kier alpha value is -0.830. The number of rotatable bonds is 7. The minimum atomic E-state index is 0.654. The van der Waals surface area contributed by atoms with Gasteiger partial charge in [0.2, 0.25) is 0 Å². The summed E-state index contributed by atoms with van der Waals surface area (Å²) in [6.07, 6.45) is 8.32. The second kappa shape index (κ2) is 6.51. The Labute approximate surface area is 129 Å². The SMILES string of the molecule is CCCNC(Cc1cc(C)nn1CC)C1CC2CCC1C2. The van der Waals surface area contributed by atoms with E-state index in [9.17, 15) is 0 Å². The van der Waals surface area contributed by atoms with Crippen molar-refractivity contribution in [3.8, 4) is 0 Å². The zero-order chi connectivity index (χ0) is 14.8. The number of nitrogens with one attached hydrogen (secondary N) is 1. The molecule has 1 aromatic rings. The molecule has 2 fully saturated rings. The Balaban J connectivity index is 1.72. The smallest absolute Gasteiger partial charge is 0.0596 e. The molecule has 1 aromatic heterocycles. The fourth-order valence-corrected chi connectivity index (χ4v) is 4.75. The van der Waals surface area contributed by atoms with Gasteiger partial charge in [-0.1, -0.05) is 13.3 Å². The van der Waals surface area contributed by atoms with E-state index >= 15 is 0 Å². The fourth-order valence-electron chi connectivity index (χ4n) is 4.75. The highest BCUT2D eigenvalue weighted by Crippen LogP contribution is 2.49. The van der Waals surface area contributed by atoms with Gasteiger partial charge >= 0.3 is 0 Å². The standard InChI is InChI=1S/C18H31N3/c1-4-8-19-18(17-11-14-6-7-15(17)10-14)12-16-9-13(3)20-21(16)5-2/h9,14-15,17-19H,4-8,10-12H2,1-3H3. The minimum Gasteiger partial charge on any atom is -0.313 e. The summed E-state index contributed by atoms with van der Waals surface area (Å²) in [4.78, 5) is 0. The predicted octanol–water partition coefficient (Wildman–Crippen LogP) is 3.56. The largest absolute Gasteiger partial charge is 0.313 e. The van der Waals surface area contributed by atoms with Gasteiger partial charge in [-0.3, -0.25) is 4.68 Å². The van der Waals surface area contributed by atoms with Gasteiger partial charge in [0.05, 0.1) is 5.69 Å². The molecule has 2 aliphatic rings. The maximum atomic E-state index is 4.63. The number of nitrogens with zero attached hydrogens (tertiary/aromatic N) is 2. The average molecular weight is 289 g/mol. The molecule has 3 heteroatoms. The molecule has 2 aliphatic carbocycles. The molecule has 2 saturated carbocycles. The predicted molar refractivity (Wildman–Crippen MR) is 87.4 cm³/mol. The van der Waals surface area contributed by atoms with Crippen LogP contribution in [0.25, 0.3) is 0 Å². The Kier molecular flexibility index (Phi) is 4.68. The van der Waals surface area contributed by atoms with Crippen LogP contribution in [0.2, 0.25) is 0 Å². The van der Waals surface area contributed by atoms with E-state index < -0.39 is 0 Å². The van der Waals surface area contributed by atoms with Crippen LogP contribution in [-0.2, 0) is 13.0 Å². The summed E-state index contributed by atoms with van der Waals surface area (Å²) in [7, 11) is 0. The van der Waals surface area contributed by atoms with E-state index in [1.807, 2.05) is 0 Å². The van der Waals surface area contributed by atoms with Crippen LogP contribution in [0.15, 0.2) is 6.07 Å². The molecule has 0 amide bonds. The van der Waals surface area contributed by atoms with Crippen LogP contribution in [-0.4, -0.2) is 22.4 Å². The van der Waals surface area contributed by atoms with Crippen molar-refractivity contribution in [3.05, 3.63) is 17.5 Å². The van der Waals surface area contributed by atoms with E-state index in [4.69, 9.17) is 0 Å². The first-order chi connectivity index (χ1) is 10.2. The number of aromatic nitrogens is 2. The molecule has 118 valence electrons. The van der Waals surface area contributed by atoms with E-state index in [-0.39, 0.29) is 0 Å². The molecular formula is C18H31N3. The lowest BCUT2D eigenvalue weighted by molar-refractivity contribution is 0.244. The topological polar surface area (TPSA) is 29.9 Å². The lowest BCUT2D eigenvalue weighted by atomic mass is 9.81. The third-order valence-electron chi connectivity index (χ3n) is 5.68. The van der Waals surface area contributed by atoms with Crippen molar-refractivity contribution < 1.29 is 0 Å². The highest BCUT2D eigenvalue weighted by molar-refractivity contribution is 5.12. The fraction of sp³-hybridized carbons (Fsp3) is 0.833. The first-order valence-corrected chi connectivity index (χ1v) is 8.98. The van der Waals surface area contributed by atoms with E-state index in [0.29, 0.717) is 6.04 Å². The summed E-state index contributed by atoms with van der Waals surface area (Å²) in [5, 5.41) is 8.49. The zero-order valence-corrected chi connectivity index (χ0v) is 13.9. The molecule has 2 bridgehead atoms. The Morgan fingerprint density at radius 3 is 2.81 bits per heavy atom. The molecule has 3 rings (SSSR count). The number of aryl methyl sites for hydroxylation is 2. The van der Waals surface area contributed by atoms with Gasteiger partial charge in [-0.15, -0.1) is 0 Å². The van der Waals surface area contributed by atoms with Gasteiger partial charge in [0.15, 0.2) is 0 Å². The van der Waals surface area contributed by atoms with E-state index in [0.717, 1.165) is 43.0 Å². The summed E-state index contributed by atoms with van der Waals surface area (Å²) >= 11 is 0. The molecular weight excluding hydrogens is 258 g/mol. The van der Waals surface area contributed by atoms with Gasteiger partial charge in [-0.2, -0.15) is 5.10 Å². The maximum absolute atomic E-state index is 4.63. The van der Waals surface area contributed by atoms with Crippen LogP contribution in [0.4, 0.5) is 0 Å². The molecule has 1 N–H and O–H groups in total. The molecule has 0 spiro atoms. The van der Waals surface area contributed by atoms with E-state index in [1.54, 1.807) is 0 Å². The van der Waals surface area contributed by atoms with Gasteiger partial charge in [0, 0.05) is 24.7 Å². The van der Waals surface area contributed by atoms with Crippen LogP contribution in [0.3, 0.4) is 0 Å². The molecule has 0 aromatic carbocycles. The van der Waals surface area contributed by atoms with Crippen molar-refractivity contribution >= 4 is 0 Å². The van der Waals surface area contributed by atoms with Crippen molar-refractivity contribution in [2.45, 2.75) is 71.9 Å².